The molecule has 4 nitrogen and oxygen atoms in total. The van der Waals surface area contributed by atoms with Crippen LogP contribution in [0.1, 0.15) is 20.3 Å². The van der Waals surface area contributed by atoms with E-state index in [0.717, 1.165) is 18.1 Å². The summed E-state index contributed by atoms with van der Waals surface area (Å²) in [5.41, 5.74) is 1.02. The predicted molar refractivity (Wildman–Crippen MR) is 72.5 cm³/mol. The lowest BCUT2D eigenvalue weighted by Gasteiger charge is -2.18. The third-order valence-corrected chi connectivity index (χ3v) is 2.95. The van der Waals surface area contributed by atoms with Crippen LogP contribution in [-0.2, 0) is 0 Å². The third-order valence-electron chi connectivity index (χ3n) is 2.95. The van der Waals surface area contributed by atoms with Crippen molar-refractivity contribution in [2.24, 2.45) is 5.92 Å². The van der Waals surface area contributed by atoms with Crippen molar-refractivity contribution in [1.29, 1.82) is 0 Å². The summed E-state index contributed by atoms with van der Waals surface area (Å²) >= 11 is 0. The first-order valence-corrected chi connectivity index (χ1v) is 6.19. The van der Waals surface area contributed by atoms with Crippen molar-refractivity contribution in [3.63, 3.8) is 0 Å². The summed E-state index contributed by atoms with van der Waals surface area (Å²) < 4.78 is 0. The summed E-state index contributed by atoms with van der Waals surface area (Å²) in [4.78, 5) is 6.33. The number of anilines is 2. The van der Waals surface area contributed by atoms with E-state index < -0.39 is 0 Å². The van der Waals surface area contributed by atoms with Crippen molar-refractivity contribution in [3.8, 4) is 0 Å². The van der Waals surface area contributed by atoms with Crippen molar-refractivity contribution >= 4 is 11.5 Å². The Morgan fingerprint density at radius 2 is 2.24 bits per heavy atom. The number of hydrogen-bond acceptors (Lipinski definition) is 4. The zero-order valence-electron chi connectivity index (χ0n) is 11.0. The number of nitrogens with one attached hydrogen (secondary N) is 1. The van der Waals surface area contributed by atoms with Gasteiger partial charge in [0.2, 0.25) is 0 Å². The predicted octanol–water partition coefficient (Wildman–Crippen LogP) is 1.97. The summed E-state index contributed by atoms with van der Waals surface area (Å²) in [6, 6.07) is 3.99. The van der Waals surface area contributed by atoms with E-state index in [0.29, 0.717) is 12.5 Å². The molecule has 1 heterocycles. The number of rotatable bonds is 7. The minimum atomic E-state index is 0.157. The second-order valence-corrected chi connectivity index (χ2v) is 4.44. The Morgan fingerprint density at radius 3 is 2.76 bits per heavy atom. The molecule has 4 heteroatoms. The zero-order chi connectivity index (χ0) is 12.7. The third kappa shape index (κ3) is 4.61. The fourth-order valence-corrected chi connectivity index (χ4v) is 1.42. The molecule has 0 bridgehead atoms. The standard InChI is InChI=1S/C13H23N3O/c1-4-11(2)9-14-13-6-5-12(10-15-13)16(3)7-8-17/h5-6,10-11,17H,4,7-9H2,1-3H3,(H,14,15). The normalized spacial score (nSPS) is 12.2. The Labute approximate surface area is 104 Å². The van der Waals surface area contributed by atoms with Gasteiger partial charge in [0.15, 0.2) is 0 Å². The van der Waals surface area contributed by atoms with Crippen LogP contribution < -0.4 is 10.2 Å². The first kappa shape index (κ1) is 13.8. The number of aliphatic hydroxyl groups excluding tert-OH is 1. The van der Waals surface area contributed by atoms with Crippen molar-refractivity contribution < 1.29 is 5.11 Å². The summed E-state index contributed by atoms with van der Waals surface area (Å²) in [5.74, 6) is 1.57. The van der Waals surface area contributed by atoms with Crippen molar-refractivity contribution in [2.75, 3.05) is 37.0 Å². The molecule has 0 amide bonds. The van der Waals surface area contributed by atoms with Gasteiger partial charge in [0, 0.05) is 20.1 Å². The topological polar surface area (TPSA) is 48.4 Å². The largest absolute Gasteiger partial charge is 0.395 e. The highest BCUT2D eigenvalue weighted by molar-refractivity contribution is 5.48. The van der Waals surface area contributed by atoms with Crippen molar-refractivity contribution in [3.05, 3.63) is 18.3 Å². The minimum absolute atomic E-state index is 0.157. The van der Waals surface area contributed by atoms with E-state index in [1.54, 1.807) is 0 Å². The molecule has 0 aliphatic heterocycles. The van der Waals surface area contributed by atoms with Crippen LogP contribution >= 0.6 is 0 Å². The number of aromatic nitrogens is 1. The molecule has 2 N–H and O–H groups in total. The molecule has 0 aromatic carbocycles. The van der Waals surface area contributed by atoms with Gasteiger partial charge in [-0.05, 0) is 18.1 Å². The first-order valence-electron chi connectivity index (χ1n) is 6.19. The summed E-state index contributed by atoms with van der Waals surface area (Å²) in [7, 11) is 1.94. The van der Waals surface area contributed by atoms with E-state index in [1.165, 1.54) is 6.42 Å². The van der Waals surface area contributed by atoms with Gasteiger partial charge in [-0.1, -0.05) is 20.3 Å². The highest BCUT2D eigenvalue weighted by atomic mass is 16.3. The van der Waals surface area contributed by atoms with E-state index in [-0.39, 0.29) is 6.61 Å². The molecule has 1 unspecified atom stereocenters. The number of aliphatic hydroxyl groups is 1. The second kappa shape index (κ2) is 7.12. The highest BCUT2D eigenvalue weighted by Gasteiger charge is 2.02. The van der Waals surface area contributed by atoms with E-state index >= 15 is 0 Å². The lowest BCUT2D eigenvalue weighted by Crippen LogP contribution is -2.21. The molecule has 96 valence electrons. The molecule has 0 radical (unpaired) electrons. The minimum Gasteiger partial charge on any atom is -0.395 e. The van der Waals surface area contributed by atoms with Crippen LogP contribution in [0, 0.1) is 5.92 Å². The quantitative estimate of drug-likeness (QED) is 0.761. The van der Waals surface area contributed by atoms with E-state index in [9.17, 15) is 0 Å². The maximum atomic E-state index is 8.85. The van der Waals surface area contributed by atoms with Gasteiger partial charge in [-0.15, -0.1) is 0 Å². The fourth-order valence-electron chi connectivity index (χ4n) is 1.42. The molecular formula is C13H23N3O. The van der Waals surface area contributed by atoms with Gasteiger partial charge in [0.1, 0.15) is 5.82 Å². The molecule has 0 aliphatic carbocycles. The SMILES string of the molecule is CCC(C)CNc1ccc(N(C)CCO)cn1. The van der Waals surface area contributed by atoms with Gasteiger partial charge in [-0.25, -0.2) is 4.98 Å². The molecule has 0 saturated heterocycles. The lowest BCUT2D eigenvalue weighted by atomic mass is 10.1. The number of pyridine rings is 1. The Kier molecular flexibility index (Phi) is 5.77. The average Bonchev–Trinajstić information content (AvgIpc) is 2.36. The Balaban J connectivity index is 2.50. The maximum absolute atomic E-state index is 8.85. The van der Waals surface area contributed by atoms with Crippen molar-refractivity contribution in [2.45, 2.75) is 20.3 Å². The van der Waals surface area contributed by atoms with Crippen LogP contribution in [0.15, 0.2) is 18.3 Å². The second-order valence-electron chi connectivity index (χ2n) is 4.44. The smallest absolute Gasteiger partial charge is 0.126 e. The van der Waals surface area contributed by atoms with Gasteiger partial charge >= 0.3 is 0 Å². The summed E-state index contributed by atoms with van der Waals surface area (Å²) in [5, 5.41) is 12.2. The molecule has 1 atom stereocenters. The highest BCUT2D eigenvalue weighted by Crippen LogP contribution is 2.13. The summed E-state index contributed by atoms with van der Waals surface area (Å²) in [6.07, 6.45) is 3.00. The zero-order valence-corrected chi connectivity index (χ0v) is 11.0. The van der Waals surface area contributed by atoms with Crippen LogP contribution in [0.25, 0.3) is 0 Å². The van der Waals surface area contributed by atoms with Crippen LogP contribution in [0.3, 0.4) is 0 Å². The Morgan fingerprint density at radius 1 is 1.47 bits per heavy atom. The molecular weight excluding hydrogens is 214 g/mol. The maximum Gasteiger partial charge on any atom is 0.126 e. The van der Waals surface area contributed by atoms with Crippen LogP contribution in [-0.4, -0.2) is 36.8 Å². The van der Waals surface area contributed by atoms with Gasteiger partial charge in [0.25, 0.3) is 0 Å². The van der Waals surface area contributed by atoms with Crippen LogP contribution in [0.4, 0.5) is 11.5 Å². The number of hydrogen-bond donors (Lipinski definition) is 2. The first-order chi connectivity index (χ1) is 8.17. The van der Waals surface area contributed by atoms with E-state index in [4.69, 9.17) is 5.11 Å². The monoisotopic (exact) mass is 237 g/mol. The Bertz CT molecular complexity index is 313. The Hall–Kier alpha value is -1.29. The van der Waals surface area contributed by atoms with Gasteiger partial charge in [-0.2, -0.15) is 0 Å². The molecule has 17 heavy (non-hydrogen) atoms. The molecule has 0 saturated carbocycles. The number of nitrogens with zero attached hydrogens (tertiary/aromatic N) is 2. The van der Waals surface area contributed by atoms with E-state index in [2.05, 4.69) is 24.1 Å². The molecule has 1 aromatic heterocycles. The van der Waals surface area contributed by atoms with E-state index in [1.807, 2.05) is 30.3 Å². The molecule has 1 rings (SSSR count). The van der Waals surface area contributed by atoms with Crippen molar-refractivity contribution in [1.82, 2.24) is 4.98 Å². The molecule has 0 aliphatic rings. The molecule has 0 fully saturated rings. The van der Waals surface area contributed by atoms with Crippen LogP contribution in [0.5, 0.6) is 0 Å². The van der Waals surface area contributed by atoms with Gasteiger partial charge in [-0.3, -0.25) is 0 Å². The lowest BCUT2D eigenvalue weighted by molar-refractivity contribution is 0.304. The van der Waals surface area contributed by atoms with Crippen LogP contribution in [0.2, 0.25) is 0 Å². The number of likely N-dealkylation sites (N-methyl/N-ethyl adjacent to an activating group) is 1. The molecule has 1 aromatic rings. The average molecular weight is 237 g/mol. The fraction of sp³-hybridized carbons (Fsp3) is 0.615. The summed E-state index contributed by atoms with van der Waals surface area (Å²) in [6.45, 7) is 6.14. The van der Waals surface area contributed by atoms with Gasteiger partial charge < -0.3 is 15.3 Å². The van der Waals surface area contributed by atoms with Gasteiger partial charge in [0.05, 0.1) is 18.5 Å². The molecule has 0 spiro atoms.